The van der Waals surface area contributed by atoms with Crippen molar-refractivity contribution in [1.29, 1.82) is 0 Å². The van der Waals surface area contributed by atoms with Crippen molar-refractivity contribution in [2.24, 2.45) is 0 Å². The Morgan fingerprint density at radius 3 is 1.87 bits per heavy atom. The average Bonchev–Trinajstić information content (AvgIpc) is 2.09. The van der Waals surface area contributed by atoms with Gasteiger partial charge in [-0.3, -0.25) is 0 Å². The number of aryl methyl sites for hydroxylation is 1. The Morgan fingerprint density at radius 1 is 1.13 bits per heavy atom. The maximum Gasteiger partial charge on any atom is 0.373 e. The number of benzene rings is 1. The molecule has 3 nitrogen and oxygen atoms in total. The van der Waals surface area contributed by atoms with E-state index in [2.05, 4.69) is 50.4 Å². The molecule has 1 aromatic rings. The minimum absolute atomic E-state index is 0. The fraction of sp³-hybridized carbons (Fsp3) is 0.364. The molecule has 0 saturated heterocycles. The molecule has 0 aromatic heterocycles. The second-order valence-corrected chi connectivity index (χ2v) is 3.25. The predicted octanol–water partition coefficient (Wildman–Crippen LogP) is 2.65. The van der Waals surface area contributed by atoms with Gasteiger partial charge in [0.05, 0.1) is 0 Å². The highest BCUT2D eigenvalue weighted by Crippen LogP contribution is 2.09. The molecule has 1 rings (SSSR count). The molecule has 0 amide bonds. The summed E-state index contributed by atoms with van der Waals surface area (Å²) in [5.74, 6) is 0. The smallest absolute Gasteiger partial charge is 0.373 e. The monoisotopic (exact) mass is 229 g/mol. The van der Waals surface area contributed by atoms with E-state index in [1.165, 1.54) is 11.3 Å². The van der Waals surface area contributed by atoms with E-state index in [9.17, 15) is 0 Å². The molecule has 0 aliphatic rings. The molecule has 84 valence electrons. The van der Waals surface area contributed by atoms with Crippen molar-refractivity contribution in [1.82, 2.24) is 0 Å². The Kier molecular flexibility index (Phi) is 9.95. The number of anilines is 1. The fourth-order valence-corrected chi connectivity index (χ4v) is 0.983. The third kappa shape index (κ3) is 9.01. The molecule has 15 heavy (non-hydrogen) atoms. The van der Waals surface area contributed by atoms with Crippen molar-refractivity contribution in [3.63, 3.8) is 0 Å². The van der Waals surface area contributed by atoms with E-state index in [-0.39, 0.29) is 18.6 Å². The van der Waals surface area contributed by atoms with Crippen LogP contribution in [0.1, 0.15) is 19.4 Å². The molecule has 0 heterocycles. The Hall–Kier alpha value is -1.31. The number of hydrogen-bond donors (Lipinski definition) is 1. The van der Waals surface area contributed by atoms with Gasteiger partial charge in [-0.2, -0.15) is 9.59 Å². The predicted molar refractivity (Wildman–Crippen MR) is 62.2 cm³/mol. The molecule has 0 radical (unpaired) electrons. The van der Waals surface area contributed by atoms with Crippen molar-refractivity contribution in [2.45, 2.75) is 26.8 Å². The Bertz CT molecular complexity index is 290. The van der Waals surface area contributed by atoms with Gasteiger partial charge < -0.3 is 5.32 Å². The van der Waals surface area contributed by atoms with E-state index < -0.39 is 0 Å². The lowest BCUT2D eigenvalue weighted by Crippen LogP contribution is -2.09. The van der Waals surface area contributed by atoms with E-state index in [4.69, 9.17) is 9.59 Å². The van der Waals surface area contributed by atoms with Gasteiger partial charge in [-0.05, 0) is 32.9 Å². The van der Waals surface area contributed by atoms with Gasteiger partial charge in [0.2, 0.25) is 0 Å². The number of nitrogens with one attached hydrogen (secondary N) is 1. The van der Waals surface area contributed by atoms with Crippen molar-refractivity contribution in [3.8, 4) is 0 Å². The lowest BCUT2D eigenvalue weighted by atomic mass is 10.2. The maximum atomic E-state index is 8.12. The van der Waals surface area contributed by atoms with Crippen LogP contribution in [-0.2, 0) is 9.59 Å². The maximum absolute atomic E-state index is 8.12. The SMILES string of the molecule is Cc1ccc(NC(C)C)cc1.Cl.O=C=O. The molecule has 0 aliphatic carbocycles. The van der Waals surface area contributed by atoms with E-state index in [1.54, 1.807) is 0 Å². The van der Waals surface area contributed by atoms with E-state index in [1.807, 2.05) is 0 Å². The van der Waals surface area contributed by atoms with Gasteiger partial charge in [0, 0.05) is 11.7 Å². The van der Waals surface area contributed by atoms with Gasteiger partial charge in [-0.15, -0.1) is 12.4 Å². The summed E-state index contributed by atoms with van der Waals surface area (Å²) < 4.78 is 0. The first kappa shape index (κ1) is 16.1. The van der Waals surface area contributed by atoms with Gasteiger partial charge in [-0.25, -0.2) is 0 Å². The topological polar surface area (TPSA) is 46.2 Å². The molecule has 0 saturated carbocycles. The minimum Gasteiger partial charge on any atom is -0.383 e. The number of rotatable bonds is 2. The van der Waals surface area contributed by atoms with Crippen molar-refractivity contribution >= 4 is 24.2 Å². The van der Waals surface area contributed by atoms with E-state index in [0.717, 1.165) is 0 Å². The van der Waals surface area contributed by atoms with Gasteiger partial charge in [0.1, 0.15) is 0 Å². The zero-order valence-electron chi connectivity index (χ0n) is 9.11. The molecule has 0 aliphatic heterocycles. The highest BCUT2D eigenvalue weighted by atomic mass is 35.5. The first-order valence-electron chi connectivity index (χ1n) is 4.42. The molecule has 0 spiro atoms. The van der Waals surface area contributed by atoms with Gasteiger partial charge in [0.15, 0.2) is 0 Å². The third-order valence-corrected chi connectivity index (χ3v) is 1.51. The summed E-state index contributed by atoms with van der Waals surface area (Å²) in [6.45, 7) is 6.37. The summed E-state index contributed by atoms with van der Waals surface area (Å²) in [6, 6.07) is 8.96. The summed E-state index contributed by atoms with van der Waals surface area (Å²) in [6.07, 6.45) is 0.250. The third-order valence-electron chi connectivity index (χ3n) is 1.51. The molecule has 4 heteroatoms. The molecule has 0 fully saturated rings. The average molecular weight is 230 g/mol. The Morgan fingerprint density at radius 2 is 1.53 bits per heavy atom. The zero-order chi connectivity index (χ0) is 11.0. The molecule has 1 aromatic carbocycles. The second-order valence-electron chi connectivity index (χ2n) is 3.25. The lowest BCUT2D eigenvalue weighted by molar-refractivity contribution is -0.191. The Balaban J connectivity index is 0. The minimum atomic E-state index is 0. The van der Waals surface area contributed by atoms with Crippen LogP contribution in [0, 0.1) is 6.92 Å². The van der Waals surface area contributed by atoms with Crippen molar-refractivity contribution in [3.05, 3.63) is 29.8 Å². The number of carbonyl (C=O) groups excluding carboxylic acids is 2. The molecular formula is C11H16ClNO2. The summed E-state index contributed by atoms with van der Waals surface area (Å²) in [5.41, 5.74) is 2.50. The highest BCUT2D eigenvalue weighted by molar-refractivity contribution is 5.85. The quantitative estimate of drug-likeness (QED) is 0.848. The first-order chi connectivity index (χ1) is 6.60. The summed E-state index contributed by atoms with van der Waals surface area (Å²) in [7, 11) is 0. The van der Waals surface area contributed by atoms with Crippen LogP contribution >= 0.6 is 12.4 Å². The number of halogens is 1. The van der Waals surface area contributed by atoms with Gasteiger partial charge >= 0.3 is 6.15 Å². The van der Waals surface area contributed by atoms with Crippen LogP contribution in [0.5, 0.6) is 0 Å². The largest absolute Gasteiger partial charge is 0.383 e. The molecule has 0 unspecified atom stereocenters. The summed E-state index contributed by atoms with van der Waals surface area (Å²) in [4.78, 5) is 16.2. The van der Waals surface area contributed by atoms with Gasteiger partial charge in [-0.1, -0.05) is 17.7 Å². The molecule has 1 N–H and O–H groups in total. The second kappa shape index (κ2) is 9.25. The van der Waals surface area contributed by atoms with E-state index in [0.29, 0.717) is 6.04 Å². The standard InChI is InChI=1S/C10H15N.CO2.ClH/c1-8(2)11-10-6-4-9(3)5-7-10;2-1-3;/h4-8,11H,1-3H3;;1H. The van der Waals surface area contributed by atoms with Crippen LogP contribution in [0.15, 0.2) is 24.3 Å². The summed E-state index contributed by atoms with van der Waals surface area (Å²) in [5, 5.41) is 3.33. The zero-order valence-corrected chi connectivity index (χ0v) is 9.93. The van der Waals surface area contributed by atoms with Crippen LogP contribution in [0.3, 0.4) is 0 Å². The number of hydrogen-bond acceptors (Lipinski definition) is 3. The van der Waals surface area contributed by atoms with Crippen LogP contribution in [0.4, 0.5) is 5.69 Å². The van der Waals surface area contributed by atoms with E-state index >= 15 is 0 Å². The van der Waals surface area contributed by atoms with Crippen molar-refractivity contribution < 1.29 is 9.59 Å². The summed E-state index contributed by atoms with van der Waals surface area (Å²) >= 11 is 0. The van der Waals surface area contributed by atoms with Gasteiger partial charge in [0.25, 0.3) is 0 Å². The normalized spacial score (nSPS) is 8.00. The molecule has 0 bridgehead atoms. The Labute approximate surface area is 96.3 Å². The van der Waals surface area contributed by atoms with Crippen LogP contribution in [0.2, 0.25) is 0 Å². The first-order valence-corrected chi connectivity index (χ1v) is 4.42. The fourth-order valence-electron chi connectivity index (χ4n) is 0.983. The van der Waals surface area contributed by atoms with Crippen LogP contribution in [0.25, 0.3) is 0 Å². The highest BCUT2D eigenvalue weighted by Gasteiger charge is 1.92. The molecular weight excluding hydrogens is 214 g/mol. The van der Waals surface area contributed by atoms with Crippen molar-refractivity contribution in [2.75, 3.05) is 5.32 Å². The van der Waals surface area contributed by atoms with Crippen LogP contribution in [-0.4, -0.2) is 12.2 Å². The van der Waals surface area contributed by atoms with Crippen LogP contribution < -0.4 is 5.32 Å². The lowest BCUT2D eigenvalue weighted by Gasteiger charge is -2.09. The molecule has 0 atom stereocenters.